The maximum absolute atomic E-state index is 12.4. The van der Waals surface area contributed by atoms with Crippen molar-refractivity contribution in [2.24, 2.45) is 0 Å². The van der Waals surface area contributed by atoms with Crippen molar-refractivity contribution in [1.82, 2.24) is 9.80 Å². The first-order valence-corrected chi connectivity index (χ1v) is 8.18. The van der Waals surface area contributed by atoms with Gasteiger partial charge in [-0.15, -0.1) is 11.3 Å². The van der Waals surface area contributed by atoms with Gasteiger partial charge in [0.2, 0.25) is 0 Å². The summed E-state index contributed by atoms with van der Waals surface area (Å²) in [6.45, 7) is 6.02. The van der Waals surface area contributed by atoms with Crippen LogP contribution in [0.5, 0.6) is 0 Å². The van der Waals surface area contributed by atoms with Gasteiger partial charge in [0.25, 0.3) is 5.91 Å². The predicted molar refractivity (Wildman–Crippen MR) is 80.2 cm³/mol. The molecule has 5 heteroatoms. The number of nitrogens with zero attached hydrogens (tertiary/aromatic N) is 2. The molecule has 110 valence electrons. The van der Waals surface area contributed by atoms with Crippen LogP contribution in [0.15, 0.2) is 12.1 Å². The van der Waals surface area contributed by atoms with Gasteiger partial charge in [-0.25, -0.2) is 0 Å². The lowest BCUT2D eigenvalue weighted by Gasteiger charge is -2.28. The van der Waals surface area contributed by atoms with E-state index in [4.69, 9.17) is 0 Å². The highest BCUT2D eigenvalue weighted by atomic mass is 32.1. The first kappa shape index (κ1) is 14.0. The van der Waals surface area contributed by atoms with E-state index in [0.717, 1.165) is 22.8 Å². The van der Waals surface area contributed by atoms with Crippen LogP contribution in [-0.4, -0.2) is 59.1 Å². The Morgan fingerprint density at radius 1 is 1.35 bits per heavy atom. The minimum absolute atomic E-state index is 0.0699. The molecule has 1 aromatic heterocycles. The number of β-amino-alcohol motifs (C(OH)–C–C–N with tert-alkyl or cyclic N) is 1. The molecule has 2 saturated heterocycles. The summed E-state index contributed by atoms with van der Waals surface area (Å²) < 4.78 is 0. The second-order valence-corrected chi connectivity index (χ2v) is 7.38. The molecule has 1 aromatic rings. The molecule has 1 amide bonds. The lowest BCUT2D eigenvalue weighted by Crippen LogP contribution is -2.44. The number of aryl methyl sites for hydroxylation is 1. The van der Waals surface area contributed by atoms with Crippen molar-refractivity contribution in [3.63, 3.8) is 0 Å². The molecule has 2 aliphatic rings. The quantitative estimate of drug-likeness (QED) is 0.923. The molecule has 0 bridgehead atoms. The first-order chi connectivity index (χ1) is 9.56. The van der Waals surface area contributed by atoms with Crippen molar-refractivity contribution in [2.45, 2.75) is 31.8 Å². The zero-order chi connectivity index (χ0) is 14.2. The molecule has 1 unspecified atom stereocenters. The molecule has 4 nitrogen and oxygen atoms in total. The first-order valence-electron chi connectivity index (χ1n) is 7.36. The summed E-state index contributed by atoms with van der Waals surface area (Å²) >= 11 is 1.53. The van der Waals surface area contributed by atoms with Gasteiger partial charge in [-0.2, -0.15) is 0 Å². The van der Waals surface area contributed by atoms with Crippen molar-refractivity contribution in [3.05, 3.63) is 21.9 Å². The third kappa shape index (κ3) is 2.90. The van der Waals surface area contributed by atoms with Crippen LogP contribution in [0.25, 0.3) is 0 Å². The molecule has 0 radical (unpaired) electrons. The number of carbonyl (C=O) groups excluding carboxylic acids is 1. The van der Waals surface area contributed by atoms with Gasteiger partial charge in [0.05, 0.1) is 17.0 Å². The molecule has 1 atom stereocenters. The van der Waals surface area contributed by atoms with Crippen LogP contribution in [0.3, 0.4) is 0 Å². The van der Waals surface area contributed by atoms with Gasteiger partial charge >= 0.3 is 0 Å². The number of carbonyl (C=O) groups is 1. The monoisotopic (exact) mass is 294 g/mol. The Morgan fingerprint density at radius 3 is 2.75 bits per heavy atom. The Balaban J connectivity index is 1.62. The maximum atomic E-state index is 12.4. The Kier molecular flexibility index (Phi) is 3.84. The van der Waals surface area contributed by atoms with Gasteiger partial charge in [-0.1, -0.05) is 0 Å². The molecule has 2 aliphatic heterocycles. The summed E-state index contributed by atoms with van der Waals surface area (Å²) in [5, 5.41) is 10.7. The average Bonchev–Trinajstić information content (AvgIpc) is 3.11. The smallest absolute Gasteiger partial charge is 0.264 e. The number of aliphatic hydroxyl groups is 1. The highest BCUT2D eigenvalue weighted by molar-refractivity contribution is 7.13. The molecule has 20 heavy (non-hydrogen) atoms. The fourth-order valence-electron chi connectivity index (χ4n) is 3.22. The number of thiophene rings is 1. The van der Waals surface area contributed by atoms with Crippen molar-refractivity contribution in [1.29, 1.82) is 0 Å². The van der Waals surface area contributed by atoms with Gasteiger partial charge in [-0.3, -0.25) is 4.79 Å². The molecular weight excluding hydrogens is 272 g/mol. The van der Waals surface area contributed by atoms with Crippen LogP contribution < -0.4 is 0 Å². The van der Waals surface area contributed by atoms with Gasteiger partial charge in [0, 0.05) is 18.0 Å². The lowest BCUT2D eigenvalue weighted by molar-refractivity contribution is 0.0176. The third-order valence-electron chi connectivity index (χ3n) is 4.29. The Bertz CT molecular complexity index is 496. The lowest BCUT2D eigenvalue weighted by atomic mass is 10.0. The molecule has 0 aliphatic carbocycles. The SMILES string of the molecule is Cc1ccc(C(=O)N2CCC(O)(CN3CCCC3)C2)s1. The van der Waals surface area contributed by atoms with E-state index in [-0.39, 0.29) is 5.91 Å². The van der Waals surface area contributed by atoms with Crippen molar-refractivity contribution < 1.29 is 9.90 Å². The second-order valence-electron chi connectivity index (χ2n) is 6.09. The number of likely N-dealkylation sites (tertiary alicyclic amines) is 2. The fraction of sp³-hybridized carbons (Fsp3) is 0.667. The molecule has 0 spiro atoms. The van der Waals surface area contributed by atoms with E-state index in [2.05, 4.69) is 4.90 Å². The summed E-state index contributed by atoms with van der Waals surface area (Å²) in [6.07, 6.45) is 3.15. The van der Waals surface area contributed by atoms with Crippen LogP contribution in [0, 0.1) is 6.92 Å². The van der Waals surface area contributed by atoms with Gasteiger partial charge in [0.1, 0.15) is 0 Å². The normalized spacial score (nSPS) is 27.4. The highest BCUT2D eigenvalue weighted by Crippen LogP contribution is 2.27. The van der Waals surface area contributed by atoms with Crippen LogP contribution in [-0.2, 0) is 0 Å². The van der Waals surface area contributed by atoms with Gasteiger partial charge in [-0.05, 0) is 51.4 Å². The Morgan fingerprint density at radius 2 is 2.10 bits per heavy atom. The Labute approximate surface area is 124 Å². The summed E-state index contributed by atoms with van der Waals surface area (Å²) in [7, 11) is 0. The zero-order valence-electron chi connectivity index (χ0n) is 12.0. The minimum atomic E-state index is -0.716. The van der Waals surface area contributed by atoms with Gasteiger partial charge < -0.3 is 14.9 Å². The summed E-state index contributed by atoms with van der Waals surface area (Å²) in [5.74, 6) is 0.0699. The van der Waals surface area contributed by atoms with E-state index in [1.807, 2.05) is 19.1 Å². The molecule has 2 fully saturated rings. The second kappa shape index (κ2) is 5.47. The number of amides is 1. The molecule has 3 rings (SSSR count). The van der Waals surface area contributed by atoms with Gasteiger partial charge in [0.15, 0.2) is 0 Å². The van der Waals surface area contributed by atoms with Crippen LogP contribution in [0.1, 0.15) is 33.8 Å². The van der Waals surface area contributed by atoms with E-state index in [1.54, 1.807) is 4.90 Å². The zero-order valence-corrected chi connectivity index (χ0v) is 12.8. The molecule has 1 N–H and O–H groups in total. The van der Waals surface area contributed by atoms with Crippen molar-refractivity contribution >= 4 is 17.2 Å². The number of hydrogen-bond acceptors (Lipinski definition) is 4. The molecule has 0 saturated carbocycles. The summed E-state index contributed by atoms with van der Waals surface area (Å²) in [6, 6.07) is 3.87. The minimum Gasteiger partial charge on any atom is -0.387 e. The van der Waals surface area contributed by atoms with Crippen LogP contribution in [0.4, 0.5) is 0 Å². The largest absolute Gasteiger partial charge is 0.387 e. The number of hydrogen-bond donors (Lipinski definition) is 1. The number of rotatable bonds is 3. The Hall–Kier alpha value is -0.910. The average molecular weight is 294 g/mol. The van der Waals surface area contributed by atoms with Crippen LogP contribution in [0.2, 0.25) is 0 Å². The van der Waals surface area contributed by atoms with Crippen molar-refractivity contribution in [2.75, 3.05) is 32.7 Å². The maximum Gasteiger partial charge on any atom is 0.264 e. The third-order valence-corrected chi connectivity index (χ3v) is 5.28. The van der Waals surface area contributed by atoms with Crippen molar-refractivity contribution in [3.8, 4) is 0 Å². The van der Waals surface area contributed by atoms with E-state index < -0.39 is 5.60 Å². The van der Waals surface area contributed by atoms with E-state index in [0.29, 0.717) is 26.1 Å². The highest BCUT2D eigenvalue weighted by Gasteiger charge is 2.40. The molecule has 3 heterocycles. The van der Waals surface area contributed by atoms with E-state index in [1.165, 1.54) is 24.2 Å². The summed E-state index contributed by atoms with van der Waals surface area (Å²) in [4.78, 5) is 18.5. The predicted octanol–water partition coefficient (Wildman–Crippen LogP) is 1.73. The van der Waals surface area contributed by atoms with Crippen LogP contribution >= 0.6 is 11.3 Å². The van der Waals surface area contributed by atoms with E-state index >= 15 is 0 Å². The topological polar surface area (TPSA) is 43.8 Å². The fourth-order valence-corrected chi connectivity index (χ4v) is 4.06. The standard InChI is InChI=1S/C15H22N2O2S/c1-12-4-5-13(20-12)14(18)17-9-6-15(19,11-17)10-16-7-2-3-8-16/h4-5,19H,2-3,6-11H2,1H3. The summed E-state index contributed by atoms with van der Waals surface area (Å²) in [5.41, 5.74) is -0.716. The van der Waals surface area contributed by atoms with E-state index in [9.17, 15) is 9.90 Å². The molecular formula is C15H22N2O2S. The molecule has 0 aromatic carbocycles.